The van der Waals surface area contributed by atoms with E-state index in [-0.39, 0.29) is 11.3 Å². The zero-order valence-electron chi connectivity index (χ0n) is 9.58. The maximum Gasteiger partial charge on any atom is 0.340 e. The lowest BCUT2D eigenvalue weighted by atomic mass is 10.2. The smallest absolute Gasteiger partial charge is 0.340 e. The van der Waals surface area contributed by atoms with Gasteiger partial charge in [0.25, 0.3) is 0 Å². The van der Waals surface area contributed by atoms with Crippen LogP contribution in [0.5, 0.6) is 0 Å². The van der Waals surface area contributed by atoms with E-state index < -0.39 is 5.97 Å². The standard InChI is InChI=1S/C10H11N5O3/c1-17-10(16)6-2-8(12-3-7(6)11)13-4-9-14-5-18-15-9/h2-3,5H,4,11H2,1H3,(H,12,13). The monoisotopic (exact) mass is 249 g/mol. The largest absolute Gasteiger partial charge is 0.465 e. The summed E-state index contributed by atoms with van der Waals surface area (Å²) in [5.41, 5.74) is 6.14. The van der Waals surface area contributed by atoms with Crippen LogP contribution in [-0.4, -0.2) is 28.2 Å². The molecular formula is C10H11N5O3. The van der Waals surface area contributed by atoms with Crippen LogP contribution in [0.15, 0.2) is 23.2 Å². The Kier molecular flexibility index (Phi) is 3.37. The van der Waals surface area contributed by atoms with E-state index in [0.29, 0.717) is 18.2 Å². The molecule has 0 aliphatic carbocycles. The second-order valence-corrected chi connectivity index (χ2v) is 3.35. The molecule has 0 unspecified atom stereocenters. The van der Waals surface area contributed by atoms with Gasteiger partial charge in [0, 0.05) is 0 Å². The van der Waals surface area contributed by atoms with Gasteiger partial charge in [-0.15, -0.1) is 0 Å². The Labute approximate surface area is 102 Å². The molecule has 18 heavy (non-hydrogen) atoms. The summed E-state index contributed by atoms with van der Waals surface area (Å²) in [6.07, 6.45) is 2.61. The average Bonchev–Trinajstić information content (AvgIpc) is 2.90. The number of carbonyl (C=O) groups is 1. The molecule has 2 heterocycles. The number of nitrogens with zero attached hydrogens (tertiary/aromatic N) is 3. The molecule has 0 amide bonds. The number of rotatable bonds is 4. The zero-order chi connectivity index (χ0) is 13.0. The molecule has 3 N–H and O–H groups in total. The molecule has 8 nitrogen and oxygen atoms in total. The zero-order valence-corrected chi connectivity index (χ0v) is 9.58. The van der Waals surface area contributed by atoms with Gasteiger partial charge in [0.1, 0.15) is 5.82 Å². The first-order valence-electron chi connectivity index (χ1n) is 5.03. The lowest BCUT2D eigenvalue weighted by Gasteiger charge is -2.07. The second kappa shape index (κ2) is 5.13. The van der Waals surface area contributed by atoms with Crippen molar-refractivity contribution in [3.05, 3.63) is 30.0 Å². The maximum absolute atomic E-state index is 11.4. The third-order valence-corrected chi connectivity index (χ3v) is 2.17. The molecule has 0 radical (unpaired) electrons. The van der Waals surface area contributed by atoms with E-state index in [2.05, 4.69) is 29.7 Å². The van der Waals surface area contributed by atoms with Gasteiger partial charge in [-0.25, -0.2) is 9.78 Å². The first-order chi connectivity index (χ1) is 8.70. The predicted molar refractivity (Wildman–Crippen MR) is 61.6 cm³/mol. The Balaban J connectivity index is 2.12. The topological polar surface area (TPSA) is 116 Å². The van der Waals surface area contributed by atoms with Gasteiger partial charge in [-0.05, 0) is 6.07 Å². The van der Waals surface area contributed by atoms with Crippen molar-refractivity contribution in [2.75, 3.05) is 18.2 Å². The molecule has 2 aromatic rings. The van der Waals surface area contributed by atoms with Gasteiger partial charge in [-0.3, -0.25) is 0 Å². The summed E-state index contributed by atoms with van der Waals surface area (Å²) in [4.78, 5) is 19.3. The van der Waals surface area contributed by atoms with Crippen molar-refractivity contribution in [1.82, 2.24) is 15.1 Å². The predicted octanol–water partition coefficient (Wildman–Crippen LogP) is 0.445. The van der Waals surface area contributed by atoms with Gasteiger partial charge >= 0.3 is 5.97 Å². The molecule has 0 aliphatic rings. The van der Waals surface area contributed by atoms with Crippen LogP contribution in [0.2, 0.25) is 0 Å². The Morgan fingerprint density at radius 3 is 3.06 bits per heavy atom. The Morgan fingerprint density at radius 1 is 1.56 bits per heavy atom. The first kappa shape index (κ1) is 11.8. The molecule has 0 spiro atoms. The van der Waals surface area contributed by atoms with E-state index in [0.717, 1.165) is 0 Å². The third kappa shape index (κ3) is 2.54. The summed E-state index contributed by atoms with van der Waals surface area (Å²) >= 11 is 0. The van der Waals surface area contributed by atoms with Crippen molar-refractivity contribution in [3.8, 4) is 0 Å². The molecule has 94 valence electrons. The molecule has 2 rings (SSSR count). The number of nitrogens with one attached hydrogen (secondary N) is 1. The Hall–Kier alpha value is -2.64. The van der Waals surface area contributed by atoms with E-state index in [1.165, 1.54) is 25.8 Å². The van der Waals surface area contributed by atoms with Crippen LogP contribution in [0.4, 0.5) is 11.5 Å². The van der Waals surface area contributed by atoms with E-state index in [1.807, 2.05) is 0 Å². The van der Waals surface area contributed by atoms with Gasteiger partial charge in [0.05, 0.1) is 31.1 Å². The van der Waals surface area contributed by atoms with E-state index in [9.17, 15) is 4.79 Å². The van der Waals surface area contributed by atoms with E-state index in [1.54, 1.807) is 0 Å². The Bertz CT molecular complexity index is 540. The highest BCUT2D eigenvalue weighted by Gasteiger charge is 2.11. The molecule has 8 heteroatoms. The number of nitrogen functional groups attached to an aromatic ring is 1. The summed E-state index contributed by atoms with van der Waals surface area (Å²) in [6.45, 7) is 0.327. The quantitative estimate of drug-likeness (QED) is 0.750. The van der Waals surface area contributed by atoms with Gasteiger partial charge in [0.2, 0.25) is 6.39 Å². The molecule has 0 saturated heterocycles. The summed E-state index contributed by atoms with van der Waals surface area (Å²) in [7, 11) is 1.29. The van der Waals surface area contributed by atoms with Crippen molar-refractivity contribution in [2.45, 2.75) is 6.54 Å². The van der Waals surface area contributed by atoms with Crippen LogP contribution < -0.4 is 11.1 Å². The number of aromatic nitrogens is 3. The van der Waals surface area contributed by atoms with E-state index >= 15 is 0 Å². The third-order valence-electron chi connectivity index (χ3n) is 2.17. The fourth-order valence-corrected chi connectivity index (χ4v) is 1.29. The summed E-state index contributed by atoms with van der Waals surface area (Å²) in [6, 6.07) is 1.50. The average molecular weight is 249 g/mol. The van der Waals surface area contributed by atoms with Crippen LogP contribution in [0.25, 0.3) is 0 Å². The number of methoxy groups -OCH3 is 1. The number of nitrogens with two attached hydrogens (primary N) is 1. The van der Waals surface area contributed by atoms with Gasteiger partial charge in [-0.1, -0.05) is 5.16 Å². The van der Waals surface area contributed by atoms with Gasteiger partial charge in [0.15, 0.2) is 5.82 Å². The number of carbonyl (C=O) groups excluding carboxylic acids is 1. The maximum atomic E-state index is 11.4. The lowest BCUT2D eigenvalue weighted by molar-refractivity contribution is 0.0602. The fourth-order valence-electron chi connectivity index (χ4n) is 1.29. The van der Waals surface area contributed by atoms with Crippen LogP contribution in [0, 0.1) is 0 Å². The molecule has 0 bridgehead atoms. The minimum Gasteiger partial charge on any atom is -0.465 e. The fraction of sp³-hybridized carbons (Fsp3) is 0.200. The highest BCUT2D eigenvalue weighted by molar-refractivity contribution is 5.95. The van der Waals surface area contributed by atoms with E-state index in [4.69, 9.17) is 5.73 Å². The van der Waals surface area contributed by atoms with Crippen LogP contribution in [0.1, 0.15) is 16.2 Å². The lowest BCUT2D eigenvalue weighted by Crippen LogP contribution is -2.09. The highest BCUT2D eigenvalue weighted by Crippen LogP contribution is 2.16. The number of pyridine rings is 1. The highest BCUT2D eigenvalue weighted by atomic mass is 16.5. The molecular weight excluding hydrogens is 238 g/mol. The summed E-state index contributed by atoms with van der Waals surface area (Å²) in [5, 5.41) is 6.56. The summed E-state index contributed by atoms with van der Waals surface area (Å²) in [5.74, 6) is 0.431. The van der Waals surface area contributed by atoms with Gasteiger partial charge < -0.3 is 20.3 Å². The first-order valence-corrected chi connectivity index (χ1v) is 5.03. The molecule has 0 fully saturated rings. The SMILES string of the molecule is COC(=O)c1cc(NCc2ncon2)ncc1N. The number of hydrogen-bond acceptors (Lipinski definition) is 8. The van der Waals surface area contributed by atoms with Gasteiger partial charge in [-0.2, -0.15) is 4.98 Å². The second-order valence-electron chi connectivity index (χ2n) is 3.35. The van der Waals surface area contributed by atoms with Crippen molar-refractivity contribution in [3.63, 3.8) is 0 Å². The normalized spacial score (nSPS) is 10.1. The molecule has 0 aliphatic heterocycles. The van der Waals surface area contributed by atoms with Crippen molar-refractivity contribution in [2.24, 2.45) is 0 Å². The van der Waals surface area contributed by atoms with Crippen molar-refractivity contribution in [1.29, 1.82) is 0 Å². The minimum absolute atomic E-state index is 0.253. The number of ether oxygens (including phenoxy) is 1. The van der Waals surface area contributed by atoms with Crippen LogP contribution >= 0.6 is 0 Å². The molecule has 0 atom stereocenters. The van der Waals surface area contributed by atoms with Crippen LogP contribution in [-0.2, 0) is 11.3 Å². The molecule has 0 aromatic carbocycles. The van der Waals surface area contributed by atoms with Crippen LogP contribution in [0.3, 0.4) is 0 Å². The number of anilines is 2. The minimum atomic E-state index is -0.516. The Morgan fingerprint density at radius 2 is 2.39 bits per heavy atom. The number of esters is 1. The molecule has 2 aromatic heterocycles. The van der Waals surface area contributed by atoms with Crippen molar-refractivity contribution < 1.29 is 14.1 Å². The summed E-state index contributed by atoms with van der Waals surface area (Å²) < 4.78 is 9.19. The molecule has 0 saturated carbocycles. The number of hydrogen-bond donors (Lipinski definition) is 2. The van der Waals surface area contributed by atoms with Crippen molar-refractivity contribution >= 4 is 17.5 Å².